The van der Waals surface area contributed by atoms with Crippen LogP contribution in [0.3, 0.4) is 0 Å². The van der Waals surface area contributed by atoms with Gasteiger partial charge in [0.1, 0.15) is 0 Å². The molecule has 0 aromatic heterocycles. The summed E-state index contributed by atoms with van der Waals surface area (Å²) in [5, 5.41) is 5.10. The molecule has 0 saturated carbocycles. The minimum atomic E-state index is 0.299. The number of hydrogen-bond donors (Lipinski definition) is 1. The standard InChI is InChI=1S/C18H15Cl2N/c19-12-9-15(20)17-13-7-4-8-14(13)18(21-16(17)10-12)11-5-2-1-3-6-11/h1-7,9-10,13-14,18,21H,8H2. The molecule has 1 nitrogen and oxygen atoms in total. The number of allylic oxidation sites excluding steroid dienone is 2. The van der Waals surface area contributed by atoms with Gasteiger partial charge in [-0.2, -0.15) is 0 Å². The van der Waals surface area contributed by atoms with Crippen LogP contribution >= 0.6 is 23.2 Å². The van der Waals surface area contributed by atoms with Crippen LogP contribution in [0.15, 0.2) is 54.6 Å². The highest BCUT2D eigenvalue weighted by Gasteiger charge is 2.39. The normalized spacial score (nSPS) is 26.1. The quantitative estimate of drug-likeness (QED) is 0.654. The maximum absolute atomic E-state index is 6.45. The monoisotopic (exact) mass is 315 g/mol. The van der Waals surface area contributed by atoms with Crippen molar-refractivity contribution in [2.45, 2.75) is 18.4 Å². The van der Waals surface area contributed by atoms with Crippen molar-refractivity contribution < 1.29 is 0 Å². The van der Waals surface area contributed by atoms with Gasteiger partial charge in [-0.25, -0.2) is 0 Å². The largest absolute Gasteiger partial charge is 0.378 e. The molecule has 2 aliphatic rings. The van der Waals surface area contributed by atoms with E-state index in [2.05, 4.69) is 47.8 Å². The molecule has 0 radical (unpaired) electrons. The Kier molecular flexibility index (Phi) is 3.20. The molecule has 4 rings (SSSR count). The van der Waals surface area contributed by atoms with Crippen LogP contribution < -0.4 is 5.32 Å². The summed E-state index contributed by atoms with van der Waals surface area (Å²) >= 11 is 12.6. The maximum atomic E-state index is 6.45. The second kappa shape index (κ2) is 5.08. The molecule has 1 N–H and O–H groups in total. The van der Waals surface area contributed by atoms with Crippen molar-refractivity contribution in [1.82, 2.24) is 0 Å². The summed E-state index contributed by atoms with van der Waals surface area (Å²) in [4.78, 5) is 0. The van der Waals surface area contributed by atoms with E-state index in [-0.39, 0.29) is 0 Å². The van der Waals surface area contributed by atoms with Crippen LogP contribution in [0, 0.1) is 5.92 Å². The van der Waals surface area contributed by atoms with E-state index in [1.807, 2.05) is 12.1 Å². The molecule has 0 bridgehead atoms. The van der Waals surface area contributed by atoms with Crippen LogP contribution in [0.4, 0.5) is 5.69 Å². The molecule has 3 unspecified atom stereocenters. The van der Waals surface area contributed by atoms with E-state index < -0.39 is 0 Å². The van der Waals surface area contributed by atoms with E-state index in [9.17, 15) is 0 Å². The Morgan fingerprint density at radius 1 is 1.05 bits per heavy atom. The summed E-state index contributed by atoms with van der Waals surface area (Å²) in [7, 11) is 0. The number of nitrogens with one attached hydrogen (secondary N) is 1. The Bertz CT molecular complexity index is 709. The molecule has 1 aliphatic heterocycles. The number of halogens is 2. The van der Waals surface area contributed by atoms with Crippen molar-refractivity contribution in [2.75, 3.05) is 5.32 Å². The molecule has 0 spiro atoms. The molecule has 1 heterocycles. The summed E-state index contributed by atoms with van der Waals surface area (Å²) in [5.41, 5.74) is 3.57. The molecule has 3 atom stereocenters. The highest BCUT2D eigenvalue weighted by atomic mass is 35.5. The van der Waals surface area contributed by atoms with Crippen LogP contribution in [0.5, 0.6) is 0 Å². The molecular weight excluding hydrogens is 301 g/mol. The lowest BCUT2D eigenvalue weighted by molar-refractivity contribution is 0.425. The lowest BCUT2D eigenvalue weighted by Gasteiger charge is -2.38. The summed E-state index contributed by atoms with van der Waals surface area (Å²) in [5.74, 6) is 0.884. The fourth-order valence-electron chi connectivity index (χ4n) is 3.63. The molecule has 0 amide bonds. The summed E-state index contributed by atoms with van der Waals surface area (Å²) < 4.78 is 0. The van der Waals surface area contributed by atoms with Gasteiger partial charge < -0.3 is 5.32 Å². The molecule has 3 heteroatoms. The summed E-state index contributed by atoms with van der Waals surface area (Å²) in [6.45, 7) is 0. The molecule has 0 saturated heterocycles. The first-order chi connectivity index (χ1) is 10.2. The van der Waals surface area contributed by atoms with Crippen molar-refractivity contribution >= 4 is 28.9 Å². The van der Waals surface area contributed by atoms with Crippen molar-refractivity contribution in [3.8, 4) is 0 Å². The van der Waals surface area contributed by atoms with Crippen LogP contribution in [0.25, 0.3) is 0 Å². The Labute approximate surface area is 134 Å². The average Bonchev–Trinajstić information content (AvgIpc) is 2.95. The van der Waals surface area contributed by atoms with Crippen molar-refractivity contribution in [2.24, 2.45) is 5.92 Å². The second-order valence-electron chi connectivity index (χ2n) is 5.74. The third kappa shape index (κ3) is 2.16. The highest BCUT2D eigenvalue weighted by Crippen LogP contribution is 2.52. The topological polar surface area (TPSA) is 12.0 Å². The van der Waals surface area contributed by atoms with Crippen LogP contribution in [0.1, 0.15) is 29.5 Å². The minimum Gasteiger partial charge on any atom is -0.378 e. The van der Waals surface area contributed by atoms with E-state index in [1.54, 1.807) is 0 Å². The van der Waals surface area contributed by atoms with Crippen LogP contribution in [-0.4, -0.2) is 0 Å². The first-order valence-corrected chi connectivity index (χ1v) is 7.97. The number of hydrogen-bond acceptors (Lipinski definition) is 1. The zero-order valence-corrected chi connectivity index (χ0v) is 12.9. The number of fused-ring (bicyclic) bond motifs is 3. The third-order valence-corrected chi connectivity index (χ3v) is 5.07. The number of rotatable bonds is 1. The van der Waals surface area contributed by atoms with E-state index in [0.29, 0.717) is 22.9 Å². The Morgan fingerprint density at radius 3 is 2.67 bits per heavy atom. The van der Waals surface area contributed by atoms with Gasteiger partial charge in [-0.05, 0) is 30.0 Å². The van der Waals surface area contributed by atoms with Crippen molar-refractivity contribution in [3.63, 3.8) is 0 Å². The predicted molar refractivity (Wildman–Crippen MR) is 89.3 cm³/mol. The molecule has 106 valence electrons. The molecular formula is C18H15Cl2N. The van der Waals surface area contributed by atoms with Gasteiger partial charge in [0.05, 0.1) is 6.04 Å². The van der Waals surface area contributed by atoms with Gasteiger partial charge in [0.25, 0.3) is 0 Å². The van der Waals surface area contributed by atoms with Crippen LogP contribution in [0.2, 0.25) is 10.0 Å². The summed E-state index contributed by atoms with van der Waals surface area (Å²) in [6, 6.07) is 14.7. The predicted octanol–water partition coefficient (Wildman–Crippen LogP) is 5.82. The third-order valence-electron chi connectivity index (χ3n) is 4.54. The number of anilines is 1. The van der Waals surface area contributed by atoms with Crippen molar-refractivity contribution in [1.29, 1.82) is 0 Å². The SMILES string of the molecule is Clc1cc(Cl)c2c(c1)NC(c1ccccc1)C1CC=CC21. The van der Waals surface area contributed by atoms with E-state index in [0.717, 1.165) is 17.1 Å². The van der Waals surface area contributed by atoms with E-state index in [1.165, 1.54) is 11.1 Å². The minimum absolute atomic E-state index is 0.299. The smallest absolute Gasteiger partial charge is 0.0553 e. The lowest BCUT2D eigenvalue weighted by atomic mass is 9.77. The maximum Gasteiger partial charge on any atom is 0.0553 e. The van der Waals surface area contributed by atoms with Crippen molar-refractivity contribution in [3.05, 3.63) is 75.8 Å². The molecule has 2 aromatic rings. The van der Waals surface area contributed by atoms with Gasteiger partial charge in [0.2, 0.25) is 0 Å². The first-order valence-electron chi connectivity index (χ1n) is 7.21. The average molecular weight is 316 g/mol. The van der Waals surface area contributed by atoms with Gasteiger partial charge in [-0.15, -0.1) is 0 Å². The van der Waals surface area contributed by atoms with Gasteiger partial charge >= 0.3 is 0 Å². The van der Waals surface area contributed by atoms with Gasteiger partial charge in [-0.1, -0.05) is 65.7 Å². The molecule has 21 heavy (non-hydrogen) atoms. The highest BCUT2D eigenvalue weighted by molar-refractivity contribution is 6.35. The van der Waals surface area contributed by atoms with Gasteiger partial charge in [0, 0.05) is 27.2 Å². The molecule has 2 aromatic carbocycles. The second-order valence-corrected chi connectivity index (χ2v) is 6.58. The Hall–Kier alpha value is -1.44. The Balaban J connectivity index is 1.84. The molecule has 0 fully saturated rings. The fraction of sp³-hybridized carbons (Fsp3) is 0.222. The Morgan fingerprint density at radius 2 is 1.86 bits per heavy atom. The zero-order chi connectivity index (χ0) is 14.4. The molecule has 1 aliphatic carbocycles. The van der Waals surface area contributed by atoms with E-state index in [4.69, 9.17) is 23.2 Å². The zero-order valence-electron chi connectivity index (χ0n) is 11.4. The first kappa shape index (κ1) is 13.2. The fourth-order valence-corrected chi connectivity index (χ4v) is 4.25. The van der Waals surface area contributed by atoms with Crippen LogP contribution in [-0.2, 0) is 0 Å². The van der Waals surface area contributed by atoms with E-state index >= 15 is 0 Å². The lowest BCUT2D eigenvalue weighted by Crippen LogP contribution is -2.29. The van der Waals surface area contributed by atoms with Gasteiger partial charge in [0.15, 0.2) is 0 Å². The summed E-state index contributed by atoms with van der Waals surface area (Å²) in [6.07, 6.45) is 5.64. The number of benzene rings is 2. The van der Waals surface area contributed by atoms with Gasteiger partial charge in [-0.3, -0.25) is 0 Å².